The van der Waals surface area contributed by atoms with Gasteiger partial charge in [0.1, 0.15) is 17.3 Å². The molecule has 0 amide bonds. The Balaban J connectivity index is 2.59. The second kappa shape index (κ2) is 4.67. The number of allylic oxidation sites excluding steroid dienone is 2. The molecule has 1 rings (SSSR count). The molecule has 0 atom stereocenters. The van der Waals surface area contributed by atoms with Crippen molar-refractivity contribution in [2.75, 3.05) is 13.2 Å². The highest BCUT2D eigenvalue weighted by Gasteiger charge is 2.13. The van der Waals surface area contributed by atoms with Crippen LogP contribution in [0.3, 0.4) is 0 Å². The van der Waals surface area contributed by atoms with Crippen LogP contribution in [0.1, 0.15) is 12.8 Å². The summed E-state index contributed by atoms with van der Waals surface area (Å²) in [6.07, 6.45) is 3.24. The fourth-order valence-electron chi connectivity index (χ4n) is 1.04. The van der Waals surface area contributed by atoms with Crippen LogP contribution in [0.5, 0.6) is 0 Å². The number of hydrogen-bond acceptors (Lipinski definition) is 4. The zero-order valence-electron chi connectivity index (χ0n) is 7.19. The third kappa shape index (κ3) is 3.29. The van der Waals surface area contributed by atoms with Crippen molar-refractivity contribution in [1.29, 1.82) is 0 Å². The first-order chi connectivity index (χ1) is 6.22. The van der Waals surface area contributed by atoms with Crippen LogP contribution in [0.25, 0.3) is 0 Å². The fraction of sp³-hybridized carbons (Fsp3) is 0.444. The first kappa shape index (κ1) is 9.80. The first-order valence-corrected chi connectivity index (χ1v) is 4.07. The number of ketones is 1. The molecule has 1 aliphatic rings. The number of carbonyl (C=O) groups is 1. The lowest BCUT2D eigenvalue weighted by Crippen LogP contribution is -2.13. The molecule has 1 aliphatic heterocycles. The van der Waals surface area contributed by atoms with Gasteiger partial charge in [0, 0.05) is 12.5 Å². The Morgan fingerprint density at radius 1 is 1.62 bits per heavy atom. The van der Waals surface area contributed by atoms with Gasteiger partial charge in [-0.2, -0.15) is 0 Å². The molecule has 0 aromatic carbocycles. The molecular formula is C9H12O4. The largest absolute Gasteiger partial charge is 0.508 e. The summed E-state index contributed by atoms with van der Waals surface area (Å²) in [5.41, 5.74) is 0. The molecule has 1 saturated heterocycles. The molecule has 0 saturated carbocycles. The van der Waals surface area contributed by atoms with Crippen LogP contribution in [0.15, 0.2) is 23.7 Å². The Hall–Kier alpha value is -1.29. The molecule has 1 fully saturated rings. The van der Waals surface area contributed by atoms with Gasteiger partial charge in [0.25, 0.3) is 0 Å². The van der Waals surface area contributed by atoms with Crippen LogP contribution >= 0.6 is 0 Å². The Bertz CT molecular complexity index is 252. The van der Waals surface area contributed by atoms with Crippen molar-refractivity contribution in [3.8, 4) is 0 Å². The van der Waals surface area contributed by atoms with Gasteiger partial charge < -0.3 is 14.9 Å². The summed E-state index contributed by atoms with van der Waals surface area (Å²) in [4.78, 5) is 10.9. The molecule has 0 bridgehead atoms. The van der Waals surface area contributed by atoms with E-state index in [1.54, 1.807) is 0 Å². The highest BCUT2D eigenvalue weighted by atomic mass is 16.5. The zero-order chi connectivity index (χ0) is 9.68. The minimum atomic E-state index is -0.233. The van der Waals surface area contributed by atoms with Gasteiger partial charge in [-0.3, -0.25) is 4.79 Å². The van der Waals surface area contributed by atoms with Crippen molar-refractivity contribution in [2.24, 2.45) is 0 Å². The van der Waals surface area contributed by atoms with E-state index in [1.165, 1.54) is 12.2 Å². The normalized spacial score (nSPS) is 21.8. The minimum absolute atomic E-state index is 0.0767. The number of hydrogen-bond donors (Lipinski definition) is 2. The Kier molecular flexibility index (Phi) is 3.52. The molecule has 0 unspecified atom stereocenters. The van der Waals surface area contributed by atoms with Crippen molar-refractivity contribution in [1.82, 2.24) is 0 Å². The topological polar surface area (TPSA) is 66.8 Å². The van der Waals surface area contributed by atoms with Crippen LogP contribution in [-0.2, 0) is 9.53 Å². The zero-order valence-corrected chi connectivity index (χ0v) is 7.19. The Labute approximate surface area is 76.1 Å². The van der Waals surface area contributed by atoms with Crippen molar-refractivity contribution in [3.05, 3.63) is 23.7 Å². The SMILES string of the molecule is O=C1CCO/C(=C/C(O)=C\CO)C1. The second-order valence-corrected chi connectivity index (χ2v) is 2.74. The lowest BCUT2D eigenvalue weighted by molar-refractivity contribution is -0.121. The summed E-state index contributed by atoms with van der Waals surface area (Å²) >= 11 is 0. The van der Waals surface area contributed by atoms with E-state index in [9.17, 15) is 4.79 Å². The molecule has 0 aromatic rings. The maximum Gasteiger partial charge on any atom is 0.143 e. The van der Waals surface area contributed by atoms with Crippen LogP contribution in [0, 0.1) is 0 Å². The molecule has 0 aromatic heterocycles. The third-order valence-corrected chi connectivity index (χ3v) is 1.65. The van der Waals surface area contributed by atoms with E-state index in [0.29, 0.717) is 18.8 Å². The van der Waals surface area contributed by atoms with Gasteiger partial charge >= 0.3 is 0 Å². The van der Waals surface area contributed by atoms with Gasteiger partial charge in [0.15, 0.2) is 0 Å². The second-order valence-electron chi connectivity index (χ2n) is 2.74. The summed E-state index contributed by atoms with van der Waals surface area (Å²) in [7, 11) is 0. The number of ether oxygens (including phenoxy) is 1. The third-order valence-electron chi connectivity index (χ3n) is 1.65. The van der Waals surface area contributed by atoms with Gasteiger partial charge in [-0.25, -0.2) is 0 Å². The average molecular weight is 184 g/mol. The summed E-state index contributed by atoms with van der Waals surface area (Å²) in [5, 5.41) is 17.6. The lowest BCUT2D eigenvalue weighted by Gasteiger charge is -2.14. The van der Waals surface area contributed by atoms with Gasteiger partial charge in [0.05, 0.1) is 19.6 Å². The first-order valence-electron chi connectivity index (χ1n) is 4.07. The molecule has 0 aliphatic carbocycles. The minimum Gasteiger partial charge on any atom is -0.508 e. The van der Waals surface area contributed by atoms with Gasteiger partial charge in [-0.05, 0) is 6.08 Å². The van der Waals surface area contributed by atoms with Gasteiger partial charge in [-0.15, -0.1) is 0 Å². The fourth-order valence-corrected chi connectivity index (χ4v) is 1.04. The average Bonchev–Trinajstić information content (AvgIpc) is 2.04. The standard InChI is InChI=1S/C9H12O4/c10-3-1-7(11)5-9-6-8(12)2-4-13-9/h1,5,10-11H,2-4,6H2/b7-1+,9-5+. The number of Topliss-reactive ketones (excluding diaryl/α,β-unsaturated/α-hetero) is 1. The van der Waals surface area contributed by atoms with E-state index in [2.05, 4.69) is 0 Å². The smallest absolute Gasteiger partial charge is 0.143 e. The van der Waals surface area contributed by atoms with E-state index < -0.39 is 0 Å². The molecule has 1 heterocycles. The lowest BCUT2D eigenvalue weighted by atomic mass is 10.1. The molecule has 13 heavy (non-hydrogen) atoms. The predicted octanol–water partition coefficient (Wildman–Crippen LogP) is 0.684. The van der Waals surface area contributed by atoms with Crippen molar-refractivity contribution in [3.63, 3.8) is 0 Å². The van der Waals surface area contributed by atoms with E-state index in [4.69, 9.17) is 14.9 Å². The van der Waals surface area contributed by atoms with E-state index >= 15 is 0 Å². The van der Waals surface area contributed by atoms with Crippen molar-refractivity contribution < 1.29 is 19.7 Å². The molecular weight excluding hydrogens is 172 g/mol. The number of carbonyl (C=O) groups excluding carboxylic acids is 1. The number of rotatable bonds is 2. The maximum absolute atomic E-state index is 10.9. The van der Waals surface area contributed by atoms with Crippen LogP contribution in [0.2, 0.25) is 0 Å². The van der Waals surface area contributed by atoms with Crippen LogP contribution in [0.4, 0.5) is 0 Å². The number of aliphatic hydroxyl groups excluding tert-OH is 2. The predicted molar refractivity (Wildman–Crippen MR) is 46.1 cm³/mol. The summed E-state index contributed by atoms with van der Waals surface area (Å²) in [6, 6.07) is 0. The maximum atomic E-state index is 10.9. The summed E-state index contributed by atoms with van der Waals surface area (Å²) in [5.74, 6) is 0.486. The van der Waals surface area contributed by atoms with Crippen LogP contribution in [-0.4, -0.2) is 29.2 Å². The molecule has 0 spiro atoms. The van der Waals surface area contributed by atoms with Crippen molar-refractivity contribution >= 4 is 5.78 Å². The molecule has 2 N–H and O–H groups in total. The monoisotopic (exact) mass is 184 g/mol. The van der Waals surface area contributed by atoms with E-state index in [1.807, 2.05) is 0 Å². The van der Waals surface area contributed by atoms with Crippen molar-refractivity contribution in [2.45, 2.75) is 12.8 Å². The summed E-state index contributed by atoms with van der Waals surface area (Å²) < 4.78 is 5.12. The molecule has 72 valence electrons. The highest BCUT2D eigenvalue weighted by Crippen LogP contribution is 2.14. The summed E-state index contributed by atoms with van der Waals surface area (Å²) in [6.45, 7) is 0.140. The van der Waals surface area contributed by atoms with Crippen LogP contribution < -0.4 is 0 Å². The van der Waals surface area contributed by atoms with Gasteiger partial charge in [-0.1, -0.05) is 0 Å². The Morgan fingerprint density at radius 3 is 3.00 bits per heavy atom. The van der Waals surface area contributed by atoms with E-state index in [-0.39, 0.29) is 24.6 Å². The van der Waals surface area contributed by atoms with E-state index in [0.717, 1.165) is 0 Å². The highest BCUT2D eigenvalue weighted by molar-refractivity contribution is 5.81. The molecule has 0 radical (unpaired) electrons. The quantitative estimate of drug-likeness (QED) is 0.619. The Morgan fingerprint density at radius 2 is 2.38 bits per heavy atom. The molecule has 4 heteroatoms. The van der Waals surface area contributed by atoms with Gasteiger partial charge in [0.2, 0.25) is 0 Å². The molecule has 4 nitrogen and oxygen atoms in total. The number of aliphatic hydroxyl groups is 2.